The van der Waals surface area contributed by atoms with Gasteiger partial charge in [0.15, 0.2) is 0 Å². The minimum absolute atomic E-state index is 0.0301. The van der Waals surface area contributed by atoms with Crippen molar-refractivity contribution in [1.29, 1.82) is 0 Å². The highest BCUT2D eigenvalue weighted by Gasteiger charge is 2.43. The van der Waals surface area contributed by atoms with Crippen LogP contribution in [-0.2, 0) is 9.53 Å². The molecular weight excluding hydrogens is 299 g/mol. The van der Waals surface area contributed by atoms with Crippen LogP contribution in [0.4, 0.5) is 13.2 Å². The maximum atomic E-state index is 12.8. The Labute approximate surface area is 128 Å². The van der Waals surface area contributed by atoms with Crippen molar-refractivity contribution in [3.05, 3.63) is 0 Å². The third-order valence-corrected chi connectivity index (χ3v) is 4.50. The number of piperidine rings is 1. The Morgan fingerprint density at radius 2 is 1.77 bits per heavy atom. The van der Waals surface area contributed by atoms with E-state index in [9.17, 15) is 18.0 Å². The summed E-state index contributed by atoms with van der Waals surface area (Å²) in [5.41, 5.74) is -0.522. The standard InChI is InChI=1S/C14H24F3N3O2/c1-22-11-13(2-4-18-5-3-13)12(21)20-8-6-19(7-9-20)10-14(15,16)17/h18H,2-11H2,1H3. The zero-order chi connectivity index (χ0) is 16.2. The number of hydrogen-bond acceptors (Lipinski definition) is 4. The number of rotatable bonds is 4. The summed E-state index contributed by atoms with van der Waals surface area (Å²) >= 11 is 0. The number of nitrogens with one attached hydrogen (secondary N) is 1. The highest BCUT2D eigenvalue weighted by atomic mass is 19.4. The zero-order valence-corrected chi connectivity index (χ0v) is 12.9. The molecular formula is C14H24F3N3O2. The molecule has 2 aliphatic heterocycles. The second-order valence-corrected chi connectivity index (χ2v) is 6.15. The van der Waals surface area contributed by atoms with Crippen molar-refractivity contribution in [3.8, 4) is 0 Å². The first-order valence-corrected chi connectivity index (χ1v) is 7.64. The summed E-state index contributed by atoms with van der Waals surface area (Å²) in [6, 6.07) is 0. The molecule has 5 nitrogen and oxygen atoms in total. The summed E-state index contributed by atoms with van der Waals surface area (Å²) in [6.07, 6.45) is -2.76. The Bertz CT molecular complexity index is 371. The summed E-state index contributed by atoms with van der Waals surface area (Å²) in [4.78, 5) is 15.9. The summed E-state index contributed by atoms with van der Waals surface area (Å²) < 4.78 is 42.5. The molecule has 128 valence electrons. The fourth-order valence-electron chi connectivity index (χ4n) is 3.30. The number of piperazine rings is 1. The van der Waals surface area contributed by atoms with Crippen LogP contribution < -0.4 is 5.32 Å². The van der Waals surface area contributed by atoms with E-state index >= 15 is 0 Å². The number of carbonyl (C=O) groups is 1. The molecule has 2 rings (SSSR count). The molecule has 1 N–H and O–H groups in total. The molecule has 0 aromatic heterocycles. The molecule has 0 aromatic carbocycles. The lowest BCUT2D eigenvalue weighted by molar-refractivity contribution is -0.157. The molecule has 8 heteroatoms. The van der Waals surface area contributed by atoms with Crippen LogP contribution in [0.25, 0.3) is 0 Å². The van der Waals surface area contributed by atoms with Gasteiger partial charge >= 0.3 is 6.18 Å². The van der Waals surface area contributed by atoms with Gasteiger partial charge in [-0.05, 0) is 25.9 Å². The van der Waals surface area contributed by atoms with Crippen molar-refractivity contribution < 1.29 is 22.7 Å². The number of hydrogen-bond donors (Lipinski definition) is 1. The molecule has 2 heterocycles. The minimum atomic E-state index is -4.18. The fraction of sp³-hybridized carbons (Fsp3) is 0.929. The first-order chi connectivity index (χ1) is 10.4. The van der Waals surface area contributed by atoms with Crippen molar-refractivity contribution in [3.63, 3.8) is 0 Å². The average Bonchev–Trinajstić information content (AvgIpc) is 2.47. The molecule has 0 aromatic rings. The van der Waals surface area contributed by atoms with Gasteiger partial charge in [-0.25, -0.2) is 0 Å². The van der Waals surface area contributed by atoms with E-state index in [4.69, 9.17) is 4.74 Å². The van der Waals surface area contributed by atoms with Gasteiger partial charge in [0.25, 0.3) is 0 Å². The Morgan fingerprint density at radius 1 is 1.18 bits per heavy atom. The molecule has 2 saturated heterocycles. The van der Waals surface area contributed by atoms with Gasteiger partial charge in [-0.2, -0.15) is 13.2 Å². The molecule has 0 saturated carbocycles. The third kappa shape index (κ3) is 4.33. The van der Waals surface area contributed by atoms with Crippen LogP contribution >= 0.6 is 0 Å². The van der Waals surface area contributed by atoms with E-state index in [0.717, 1.165) is 13.1 Å². The lowest BCUT2D eigenvalue weighted by atomic mass is 9.78. The Hall–Kier alpha value is -0.860. The Kier molecular flexibility index (Phi) is 5.68. The lowest BCUT2D eigenvalue weighted by Crippen LogP contribution is -2.57. The van der Waals surface area contributed by atoms with Crippen LogP contribution in [0.2, 0.25) is 0 Å². The van der Waals surface area contributed by atoms with Gasteiger partial charge in [-0.3, -0.25) is 9.69 Å². The number of nitrogens with zero attached hydrogens (tertiary/aromatic N) is 2. The maximum Gasteiger partial charge on any atom is 0.401 e. The van der Waals surface area contributed by atoms with Crippen LogP contribution in [0.3, 0.4) is 0 Å². The SMILES string of the molecule is COCC1(C(=O)N2CCN(CC(F)(F)F)CC2)CCNCC1. The molecule has 22 heavy (non-hydrogen) atoms. The monoisotopic (exact) mass is 323 g/mol. The van der Waals surface area contributed by atoms with E-state index < -0.39 is 18.1 Å². The largest absolute Gasteiger partial charge is 0.401 e. The summed E-state index contributed by atoms with van der Waals surface area (Å²) in [5.74, 6) is 0.0301. The predicted molar refractivity (Wildman–Crippen MR) is 75.5 cm³/mol. The van der Waals surface area contributed by atoms with Crippen molar-refractivity contribution >= 4 is 5.91 Å². The second-order valence-electron chi connectivity index (χ2n) is 6.15. The van der Waals surface area contributed by atoms with Gasteiger partial charge < -0.3 is 15.0 Å². The topological polar surface area (TPSA) is 44.8 Å². The molecule has 0 atom stereocenters. The minimum Gasteiger partial charge on any atom is -0.384 e. The lowest BCUT2D eigenvalue weighted by Gasteiger charge is -2.42. The zero-order valence-electron chi connectivity index (χ0n) is 12.9. The van der Waals surface area contributed by atoms with E-state index in [1.165, 1.54) is 4.90 Å². The van der Waals surface area contributed by atoms with Crippen LogP contribution in [-0.4, -0.2) is 81.4 Å². The van der Waals surface area contributed by atoms with Gasteiger partial charge in [0.1, 0.15) is 0 Å². The Balaban J connectivity index is 1.93. The number of carbonyl (C=O) groups excluding carboxylic acids is 1. The second kappa shape index (κ2) is 7.14. The van der Waals surface area contributed by atoms with Gasteiger partial charge in [0.05, 0.1) is 18.6 Å². The van der Waals surface area contributed by atoms with E-state index in [2.05, 4.69) is 5.32 Å². The maximum absolute atomic E-state index is 12.8. The van der Waals surface area contributed by atoms with Crippen molar-refractivity contribution in [1.82, 2.24) is 15.1 Å². The fourth-order valence-corrected chi connectivity index (χ4v) is 3.30. The van der Waals surface area contributed by atoms with E-state index in [-0.39, 0.29) is 19.0 Å². The number of halogens is 3. The average molecular weight is 323 g/mol. The molecule has 0 aliphatic carbocycles. The molecule has 0 spiro atoms. The van der Waals surface area contributed by atoms with Crippen molar-refractivity contribution in [2.24, 2.45) is 5.41 Å². The quantitative estimate of drug-likeness (QED) is 0.828. The molecule has 0 unspecified atom stereocenters. The molecule has 1 amide bonds. The van der Waals surface area contributed by atoms with Gasteiger partial charge in [0.2, 0.25) is 5.91 Å². The van der Waals surface area contributed by atoms with Crippen LogP contribution in [0.1, 0.15) is 12.8 Å². The van der Waals surface area contributed by atoms with Crippen molar-refractivity contribution in [2.45, 2.75) is 19.0 Å². The Morgan fingerprint density at radius 3 is 2.27 bits per heavy atom. The van der Waals surface area contributed by atoms with Gasteiger partial charge in [0, 0.05) is 33.3 Å². The molecule has 2 fully saturated rings. The summed E-state index contributed by atoms with van der Waals surface area (Å²) in [6.45, 7) is 2.26. The third-order valence-electron chi connectivity index (χ3n) is 4.50. The van der Waals surface area contributed by atoms with E-state index in [1.54, 1.807) is 12.0 Å². The first kappa shape index (κ1) is 17.5. The highest BCUT2D eigenvalue weighted by molar-refractivity contribution is 5.83. The normalized spacial score (nSPS) is 23.5. The van der Waals surface area contributed by atoms with Gasteiger partial charge in [-0.15, -0.1) is 0 Å². The molecule has 0 radical (unpaired) electrons. The smallest absolute Gasteiger partial charge is 0.384 e. The first-order valence-electron chi connectivity index (χ1n) is 7.64. The summed E-state index contributed by atoms with van der Waals surface area (Å²) in [5, 5.41) is 3.23. The summed E-state index contributed by atoms with van der Waals surface area (Å²) in [7, 11) is 1.58. The number of methoxy groups -OCH3 is 1. The molecule has 0 bridgehead atoms. The van der Waals surface area contributed by atoms with Crippen LogP contribution in [0.15, 0.2) is 0 Å². The predicted octanol–water partition coefficient (Wildman–Crippen LogP) is 0.709. The van der Waals surface area contributed by atoms with Gasteiger partial charge in [-0.1, -0.05) is 0 Å². The molecule has 2 aliphatic rings. The van der Waals surface area contributed by atoms with Crippen LogP contribution in [0.5, 0.6) is 0 Å². The number of ether oxygens (including phenoxy) is 1. The van der Waals surface area contributed by atoms with Crippen molar-refractivity contribution in [2.75, 3.05) is 59.5 Å². The van der Waals surface area contributed by atoms with E-state index in [0.29, 0.717) is 32.5 Å². The number of amides is 1. The van der Waals surface area contributed by atoms with Crippen LogP contribution in [0, 0.1) is 5.41 Å². The highest BCUT2D eigenvalue weighted by Crippen LogP contribution is 2.32. The number of alkyl halides is 3. The van der Waals surface area contributed by atoms with E-state index in [1.807, 2.05) is 0 Å².